The molecule has 2 aromatic carbocycles. The van der Waals surface area contributed by atoms with Crippen molar-refractivity contribution in [3.05, 3.63) is 54.6 Å². The fraction of sp³-hybridized carbons (Fsp3) is 0.364. The molecule has 1 amide bonds. The van der Waals surface area contributed by atoms with E-state index in [1.165, 1.54) is 0 Å². The molecule has 0 aliphatic carbocycles. The molecule has 0 saturated carbocycles. The number of para-hydroxylation sites is 1. The molecule has 2 aromatic rings. The summed E-state index contributed by atoms with van der Waals surface area (Å²) in [5, 5.41) is 0. The highest BCUT2D eigenvalue weighted by atomic mass is 16.5. The van der Waals surface area contributed by atoms with Gasteiger partial charge in [0.25, 0.3) is 5.91 Å². The normalized spacial score (nSPS) is 14.6. The fourth-order valence-corrected chi connectivity index (χ4v) is 3.30. The van der Waals surface area contributed by atoms with Crippen LogP contribution in [-0.2, 0) is 14.3 Å². The number of carbonyl (C=O) groups is 2. The van der Waals surface area contributed by atoms with Crippen LogP contribution in [-0.4, -0.2) is 43.1 Å². The Balaban J connectivity index is 1.56. The molecule has 1 saturated heterocycles. The Morgan fingerprint density at radius 2 is 1.67 bits per heavy atom. The Kier molecular flexibility index (Phi) is 6.47. The van der Waals surface area contributed by atoms with Crippen molar-refractivity contribution in [2.75, 3.05) is 26.3 Å². The summed E-state index contributed by atoms with van der Waals surface area (Å²) >= 11 is 0. The van der Waals surface area contributed by atoms with Crippen molar-refractivity contribution in [1.29, 1.82) is 0 Å². The lowest BCUT2D eigenvalue weighted by Crippen LogP contribution is -2.42. The first kappa shape index (κ1) is 19.0. The number of carbonyl (C=O) groups excluding carboxylic acids is 2. The molecule has 142 valence electrons. The highest BCUT2D eigenvalue weighted by Crippen LogP contribution is 2.29. The standard InChI is InChI=1S/C22H25NO4/c1-2-26-22(25)18-12-14-23(15-13-18)21(24)16-27-20-11-7-6-10-19(20)17-8-4-3-5-9-17/h3-11,18H,2,12-16H2,1H3. The van der Waals surface area contributed by atoms with Gasteiger partial charge in [-0.1, -0.05) is 48.5 Å². The summed E-state index contributed by atoms with van der Waals surface area (Å²) in [7, 11) is 0. The average molecular weight is 367 g/mol. The summed E-state index contributed by atoms with van der Waals surface area (Å²) in [6.45, 7) is 3.32. The van der Waals surface area contributed by atoms with Gasteiger partial charge in [-0.25, -0.2) is 0 Å². The van der Waals surface area contributed by atoms with Crippen LogP contribution in [0.4, 0.5) is 0 Å². The summed E-state index contributed by atoms with van der Waals surface area (Å²) in [5.41, 5.74) is 2.02. The second-order valence-corrected chi connectivity index (χ2v) is 6.56. The maximum atomic E-state index is 12.5. The number of amides is 1. The Hall–Kier alpha value is -2.82. The monoisotopic (exact) mass is 367 g/mol. The topological polar surface area (TPSA) is 55.8 Å². The number of hydrogen-bond donors (Lipinski definition) is 0. The van der Waals surface area contributed by atoms with Gasteiger partial charge in [-0.05, 0) is 31.4 Å². The number of nitrogens with zero attached hydrogens (tertiary/aromatic N) is 1. The molecule has 0 aromatic heterocycles. The second kappa shape index (κ2) is 9.21. The first-order chi connectivity index (χ1) is 13.2. The molecular weight excluding hydrogens is 342 g/mol. The molecule has 1 heterocycles. The minimum Gasteiger partial charge on any atom is -0.483 e. The third-order valence-electron chi connectivity index (χ3n) is 4.79. The van der Waals surface area contributed by atoms with Gasteiger partial charge in [0.1, 0.15) is 5.75 Å². The Bertz CT molecular complexity index is 767. The van der Waals surface area contributed by atoms with Crippen LogP contribution in [0.25, 0.3) is 11.1 Å². The van der Waals surface area contributed by atoms with E-state index in [4.69, 9.17) is 9.47 Å². The highest BCUT2D eigenvalue weighted by Gasteiger charge is 2.28. The van der Waals surface area contributed by atoms with Gasteiger partial charge >= 0.3 is 5.97 Å². The molecule has 0 bridgehead atoms. The van der Waals surface area contributed by atoms with Gasteiger partial charge in [0.2, 0.25) is 0 Å². The van der Waals surface area contributed by atoms with Crippen molar-refractivity contribution in [2.24, 2.45) is 5.92 Å². The predicted molar refractivity (Wildman–Crippen MR) is 103 cm³/mol. The molecule has 0 radical (unpaired) electrons. The summed E-state index contributed by atoms with van der Waals surface area (Å²) in [6.07, 6.45) is 1.29. The van der Waals surface area contributed by atoms with E-state index in [9.17, 15) is 9.59 Å². The van der Waals surface area contributed by atoms with Gasteiger partial charge in [0.05, 0.1) is 12.5 Å². The van der Waals surface area contributed by atoms with Crippen molar-refractivity contribution in [1.82, 2.24) is 4.90 Å². The lowest BCUT2D eigenvalue weighted by Gasteiger charge is -2.30. The third kappa shape index (κ3) is 4.88. The van der Waals surface area contributed by atoms with Crippen LogP contribution in [0.2, 0.25) is 0 Å². The Labute approximate surface area is 159 Å². The third-order valence-corrected chi connectivity index (χ3v) is 4.79. The van der Waals surface area contributed by atoms with Crippen molar-refractivity contribution in [3.8, 4) is 16.9 Å². The van der Waals surface area contributed by atoms with Gasteiger partial charge in [-0.15, -0.1) is 0 Å². The summed E-state index contributed by atoms with van der Waals surface area (Å²) in [6, 6.07) is 17.7. The maximum absolute atomic E-state index is 12.5. The lowest BCUT2D eigenvalue weighted by molar-refractivity contribution is -0.151. The average Bonchev–Trinajstić information content (AvgIpc) is 2.73. The Morgan fingerprint density at radius 1 is 1.00 bits per heavy atom. The highest BCUT2D eigenvalue weighted by molar-refractivity contribution is 5.79. The molecule has 1 fully saturated rings. The number of benzene rings is 2. The fourth-order valence-electron chi connectivity index (χ4n) is 3.30. The number of rotatable bonds is 6. The minimum atomic E-state index is -0.155. The molecule has 1 aliphatic heterocycles. The number of likely N-dealkylation sites (tertiary alicyclic amines) is 1. The molecular formula is C22H25NO4. The zero-order chi connectivity index (χ0) is 19.1. The van der Waals surface area contributed by atoms with E-state index in [-0.39, 0.29) is 24.4 Å². The van der Waals surface area contributed by atoms with Crippen LogP contribution in [0, 0.1) is 5.92 Å². The van der Waals surface area contributed by atoms with Gasteiger partial charge in [-0.3, -0.25) is 9.59 Å². The summed E-state index contributed by atoms with van der Waals surface area (Å²) in [4.78, 5) is 26.1. The van der Waals surface area contributed by atoms with Crippen molar-refractivity contribution in [2.45, 2.75) is 19.8 Å². The van der Waals surface area contributed by atoms with Crippen LogP contribution in [0.5, 0.6) is 5.75 Å². The second-order valence-electron chi connectivity index (χ2n) is 6.56. The first-order valence-electron chi connectivity index (χ1n) is 9.40. The number of esters is 1. The molecule has 3 rings (SSSR count). The van der Waals surface area contributed by atoms with Gasteiger partial charge in [-0.2, -0.15) is 0 Å². The zero-order valence-electron chi connectivity index (χ0n) is 15.6. The van der Waals surface area contributed by atoms with Crippen LogP contribution >= 0.6 is 0 Å². The maximum Gasteiger partial charge on any atom is 0.309 e. The summed E-state index contributed by atoms with van der Waals surface area (Å²) in [5.74, 6) is 0.380. The van der Waals surface area contributed by atoms with Crippen LogP contribution in [0.15, 0.2) is 54.6 Å². The van der Waals surface area contributed by atoms with Crippen LogP contribution < -0.4 is 4.74 Å². The van der Waals surface area contributed by atoms with Gasteiger partial charge in [0.15, 0.2) is 6.61 Å². The Morgan fingerprint density at radius 3 is 2.37 bits per heavy atom. The lowest BCUT2D eigenvalue weighted by atomic mass is 9.97. The number of hydrogen-bond acceptors (Lipinski definition) is 4. The number of ether oxygens (including phenoxy) is 2. The van der Waals surface area contributed by atoms with Gasteiger partial charge < -0.3 is 14.4 Å². The molecule has 0 unspecified atom stereocenters. The molecule has 0 spiro atoms. The van der Waals surface area contributed by atoms with Crippen molar-refractivity contribution >= 4 is 11.9 Å². The molecule has 5 heteroatoms. The molecule has 27 heavy (non-hydrogen) atoms. The largest absolute Gasteiger partial charge is 0.483 e. The van der Waals surface area contributed by atoms with E-state index in [2.05, 4.69) is 0 Å². The van der Waals surface area contributed by atoms with Crippen LogP contribution in [0.1, 0.15) is 19.8 Å². The van der Waals surface area contributed by atoms with E-state index in [0.717, 1.165) is 11.1 Å². The van der Waals surface area contributed by atoms with E-state index >= 15 is 0 Å². The van der Waals surface area contributed by atoms with Crippen LogP contribution in [0.3, 0.4) is 0 Å². The number of piperidine rings is 1. The SMILES string of the molecule is CCOC(=O)C1CCN(C(=O)COc2ccccc2-c2ccccc2)CC1. The quantitative estimate of drug-likeness (QED) is 0.733. The van der Waals surface area contributed by atoms with E-state index in [0.29, 0.717) is 38.3 Å². The van der Waals surface area contributed by atoms with E-state index in [1.54, 1.807) is 11.8 Å². The zero-order valence-corrected chi connectivity index (χ0v) is 15.6. The molecule has 1 aliphatic rings. The first-order valence-corrected chi connectivity index (χ1v) is 9.40. The van der Waals surface area contributed by atoms with E-state index < -0.39 is 0 Å². The van der Waals surface area contributed by atoms with Crippen molar-refractivity contribution < 1.29 is 19.1 Å². The van der Waals surface area contributed by atoms with E-state index in [1.807, 2.05) is 54.6 Å². The molecule has 0 atom stereocenters. The smallest absolute Gasteiger partial charge is 0.309 e. The molecule has 5 nitrogen and oxygen atoms in total. The van der Waals surface area contributed by atoms with Crippen molar-refractivity contribution in [3.63, 3.8) is 0 Å². The predicted octanol–water partition coefficient (Wildman–Crippen LogP) is 3.53. The van der Waals surface area contributed by atoms with Gasteiger partial charge in [0, 0.05) is 18.7 Å². The summed E-state index contributed by atoms with van der Waals surface area (Å²) < 4.78 is 10.9. The minimum absolute atomic E-state index is 0.00603. The molecule has 0 N–H and O–H groups in total.